The molecule has 0 atom stereocenters. The Morgan fingerprint density at radius 1 is 1.22 bits per heavy atom. The van der Waals surface area contributed by atoms with E-state index in [1.165, 1.54) is 0 Å². The molecule has 0 spiro atoms. The average Bonchev–Trinajstić information content (AvgIpc) is 2.61. The number of carbonyl (C=O) groups excluding carboxylic acids is 2. The topological polar surface area (TPSA) is 95.2 Å². The highest BCUT2D eigenvalue weighted by Gasteiger charge is 2.28. The van der Waals surface area contributed by atoms with Gasteiger partial charge in [-0.3, -0.25) is 14.4 Å². The predicted molar refractivity (Wildman–Crippen MR) is 85.1 cm³/mol. The van der Waals surface area contributed by atoms with Gasteiger partial charge >= 0.3 is 0 Å². The van der Waals surface area contributed by atoms with Crippen LogP contribution in [0.15, 0.2) is 29.1 Å². The minimum atomic E-state index is -0.310. The molecule has 1 saturated heterocycles. The molecule has 1 aliphatic rings. The molecule has 1 fully saturated rings. The average molecular weight is 314 g/mol. The van der Waals surface area contributed by atoms with E-state index in [4.69, 9.17) is 0 Å². The fourth-order valence-corrected chi connectivity index (χ4v) is 2.98. The lowest BCUT2D eigenvalue weighted by Gasteiger charge is -2.31. The van der Waals surface area contributed by atoms with Gasteiger partial charge in [0.2, 0.25) is 5.91 Å². The van der Waals surface area contributed by atoms with E-state index >= 15 is 0 Å². The van der Waals surface area contributed by atoms with E-state index in [1.54, 1.807) is 36.2 Å². The number of aromatic nitrogens is 2. The summed E-state index contributed by atoms with van der Waals surface area (Å²) >= 11 is 0. The Kier molecular flexibility index (Phi) is 4.10. The van der Waals surface area contributed by atoms with Gasteiger partial charge in [0, 0.05) is 31.4 Å². The Bertz CT molecular complexity index is 806. The van der Waals surface area contributed by atoms with Crippen LogP contribution in [0.1, 0.15) is 23.3 Å². The van der Waals surface area contributed by atoms with Gasteiger partial charge in [-0.1, -0.05) is 18.2 Å². The Labute approximate surface area is 132 Å². The van der Waals surface area contributed by atoms with E-state index in [0.29, 0.717) is 36.7 Å². The highest BCUT2D eigenvalue weighted by atomic mass is 16.2. The third-order valence-corrected chi connectivity index (χ3v) is 4.30. The molecular formula is C16H18N4O3. The first kappa shape index (κ1) is 15.2. The van der Waals surface area contributed by atoms with E-state index < -0.39 is 0 Å². The Morgan fingerprint density at radius 2 is 1.87 bits per heavy atom. The zero-order chi connectivity index (χ0) is 16.4. The molecule has 7 nitrogen and oxygen atoms in total. The molecule has 120 valence electrons. The molecule has 0 bridgehead atoms. The van der Waals surface area contributed by atoms with Gasteiger partial charge in [-0.25, -0.2) is 5.10 Å². The minimum absolute atomic E-state index is 0.0183. The fourth-order valence-electron chi connectivity index (χ4n) is 2.98. The molecule has 0 unspecified atom stereocenters. The summed E-state index contributed by atoms with van der Waals surface area (Å²) in [6, 6.07) is 6.92. The standard InChI is InChI=1S/C16H18N4O3/c1-17-14(21)10-6-8-20(9-7-10)16(23)13-11-4-2-3-5-12(11)15(22)19-18-13/h2-5,10H,6-9H2,1H3,(H,17,21)(H,19,22). The molecule has 23 heavy (non-hydrogen) atoms. The van der Waals surface area contributed by atoms with Crippen molar-refractivity contribution in [2.24, 2.45) is 5.92 Å². The molecule has 2 aromatic rings. The van der Waals surface area contributed by atoms with Crippen LogP contribution < -0.4 is 10.9 Å². The summed E-state index contributed by atoms with van der Waals surface area (Å²) in [5.74, 6) is -0.248. The Hall–Kier alpha value is -2.70. The van der Waals surface area contributed by atoms with Gasteiger partial charge < -0.3 is 10.2 Å². The monoisotopic (exact) mass is 314 g/mol. The summed E-state index contributed by atoms with van der Waals surface area (Å²) < 4.78 is 0. The third kappa shape index (κ3) is 2.81. The smallest absolute Gasteiger partial charge is 0.274 e. The van der Waals surface area contributed by atoms with Gasteiger partial charge in [0.1, 0.15) is 0 Å². The second kappa shape index (κ2) is 6.20. The van der Waals surface area contributed by atoms with E-state index in [0.717, 1.165) is 0 Å². The van der Waals surface area contributed by atoms with Gasteiger partial charge in [0.25, 0.3) is 11.5 Å². The minimum Gasteiger partial charge on any atom is -0.359 e. The zero-order valence-corrected chi connectivity index (χ0v) is 12.8. The molecule has 7 heteroatoms. The highest BCUT2D eigenvalue weighted by molar-refractivity contribution is 6.04. The van der Waals surface area contributed by atoms with Crippen LogP contribution in [0.5, 0.6) is 0 Å². The SMILES string of the molecule is CNC(=O)C1CCN(C(=O)c2n[nH]c(=O)c3ccccc23)CC1. The number of hydrogen-bond acceptors (Lipinski definition) is 4. The summed E-state index contributed by atoms with van der Waals surface area (Å²) in [6.45, 7) is 1.01. The number of hydrogen-bond donors (Lipinski definition) is 2. The molecule has 0 aliphatic carbocycles. The molecule has 1 aromatic carbocycles. The zero-order valence-electron chi connectivity index (χ0n) is 12.8. The molecule has 1 aromatic heterocycles. The van der Waals surface area contributed by atoms with Crippen molar-refractivity contribution in [3.63, 3.8) is 0 Å². The van der Waals surface area contributed by atoms with Crippen LogP contribution >= 0.6 is 0 Å². The van der Waals surface area contributed by atoms with Crippen molar-refractivity contribution in [2.45, 2.75) is 12.8 Å². The molecule has 2 N–H and O–H groups in total. The molecule has 1 aliphatic heterocycles. The number of H-pyrrole nitrogens is 1. The van der Waals surface area contributed by atoms with Crippen molar-refractivity contribution in [1.29, 1.82) is 0 Å². The molecule has 2 heterocycles. The Morgan fingerprint density at radius 3 is 2.52 bits per heavy atom. The number of benzene rings is 1. The summed E-state index contributed by atoms with van der Waals surface area (Å²) in [5, 5.41) is 9.97. The van der Waals surface area contributed by atoms with Crippen LogP contribution in [-0.4, -0.2) is 47.0 Å². The summed E-state index contributed by atoms with van der Waals surface area (Å²) in [6.07, 6.45) is 1.26. The second-order valence-electron chi connectivity index (χ2n) is 5.63. The van der Waals surface area contributed by atoms with Crippen LogP contribution in [-0.2, 0) is 4.79 Å². The maximum atomic E-state index is 12.7. The molecule has 0 radical (unpaired) electrons. The number of nitrogens with one attached hydrogen (secondary N) is 2. The highest BCUT2D eigenvalue weighted by Crippen LogP contribution is 2.20. The van der Waals surface area contributed by atoms with Gasteiger partial charge in [-0.2, -0.15) is 5.10 Å². The molecule has 2 amide bonds. The first-order chi connectivity index (χ1) is 11.1. The third-order valence-electron chi connectivity index (χ3n) is 4.30. The lowest BCUT2D eigenvalue weighted by molar-refractivity contribution is -0.125. The number of aromatic amines is 1. The lowest BCUT2D eigenvalue weighted by atomic mass is 9.95. The van der Waals surface area contributed by atoms with Crippen LogP contribution in [0.3, 0.4) is 0 Å². The predicted octanol–water partition coefficient (Wildman–Crippen LogP) is 0.521. The van der Waals surface area contributed by atoms with Crippen LogP contribution in [0.4, 0.5) is 0 Å². The first-order valence-corrected chi connectivity index (χ1v) is 7.60. The normalized spacial score (nSPS) is 15.6. The van der Waals surface area contributed by atoms with Gasteiger partial charge in [-0.05, 0) is 18.9 Å². The molecular weight excluding hydrogens is 296 g/mol. The van der Waals surface area contributed by atoms with Crippen LogP contribution in [0.25, 0.3) is 10.8 Å². The summed E-state index contributed by atoms with van der Waals surface area (Å²) in [4.78, 5) is 37.9. The van der Waals surface area contributed by atoms with E-state index in [1.807, 2.05) is 0 Å². The van der Waals surface area contributed by atoms with E-state index in [9.17, 15) is 14.4 Å². The lowest BCUT2D eigenvalue weighted by Crippen LogP contribution is -2.42. The van der Waals surface area contributed by atoms with Crippen molar-refractivity contribution >= 4 is 22.6 Å². The number of rotatable bonds is 2. The molecule has 3 rings (SSSR count). The maximum absolute atomic E-state index is 12.7. The van der Waals surface area contributed by atoms with Crippen LogP contribution in [0, 0.1) is 5.92 Å². The van der Waals surface area contributed by atoms with E-state index in [-0.39, 0.29) is 29.0 Å². The van der Waals surface area contributed by atoms with E-state index in [2.05, 4.69) is 15.5 Å². The number of carbonyl (C=O) groups is 2. The van der Waals surface area contributed by atoms with Crippen molar-refractivity contribution in [2.75, 3.05) is 20.1 Å². The summed E-state index contributed by atoms with van der Waals surface area (Å²) in [7, 11) is 1.62. The largest absolute Gasteiger partial charge is 0.359 e. The van der Waals surface area contributed by atoms with Crippen molar-refractivity contribution in [3.8, 4) is 0 Å². The number of likely N-dealkylation sites (tertiary alicyclic amines) is 1. The van der Waals surface area contributed by atoms with Gasteiger partial charge in [0.05, 0.1) is 5.39 Å². The first-order valence-electron chi connectivity index (χ1n) is 7.60. The number of amides is 2. The quantitative estimate of drug-likeness (QED) is 0.845. The molecule has 0 saturated carbocycles. The number of piperidine rings is 1. The number of nitrogens with zero attached hydrogens (tertiary/aromatic N) is 2. The van der Waals surface area contributed by atoms with Crippen molar-refractivity contribution in [1.82, 2.24) is 20.4 Å². The Balaban J connectivity index is 1.84. The maximum Gasteiger partial charge on any atom is 0.274 e. The van der Waals surface area contributed by atoms with Crippen LogP contribution in [0.2, 0.25) is 0 Å². The number of fused-ring (bicyclic) bond motifs is 1. The summed E-state index contributed by atoms with van der Waals surface area (Å²) in [5.41, 5.74) is -0.0610. The fraction of sp³-hybridized carbons (Fsp3) is 0.375. The second-order valence-corrected chi connectivity index (χ2v) is 5.63. The van der Waals surface area contributed by atoms with Gasteiger partial charge in [0.15, 0.2) is 5.69 Å². The van der Waals surface area contributed by atoms with Gasteiger partial charge in [-0.15, -0.1) is 0 Å². The van der Waals surface area contributed by atoms with Crippen molar-refractivity contribution < 1.29 is 9.59 Å². The van der Waals surface area contributed by atoms with Crippen molar-refractivity contribution in [3.05, 3.63) is 40.3 Å².